The average Bonchev–Trinajstić information content (AvgIpc) is 0.772. The third-order valence-corrected chi connectivity index (χ3v) is 21.1. The number of hydrogen-bond donors (Lipinski definition) is 30. The third kappa shape index (κ3) is 18.0. The zero-order valence-electron chi connectivity index (χ0n) is 57.5. The highest BCUT2D eigenvalue weighted by atomic mass is 16.8. The van der Waals surface area contributed by atoms with E-state index in [0.717, 1.165) is 0 Å². The summed E-state index contributed by atoms with van der Waals surface area (Å²) in [5, 5.41) is 335. The molecule has 0 radical (unpaired) electrons. The summed E-state index contributed by atoms with van der Waals surface area (Å²) < 4.78 is 116. The first-order valence-corrected chi connectivity index (χ1v) is 35.2. The fraction of sp³-hybridized carbons (Fsp3) is 1.00. The van der Waals surface area contributed by atoms with Gasteiger partial charge in [-0.3, -0.25) is 0 Å². The van der Waals surface area contributed by atoms with Crippen LogP contribution in [0.5, 0.6) is 0 Å². The Morgan fingerprint density at radius 3 is 0.464 bits per heavy atom. The van der Waals surface area contributed by atoms with Crippen molar-refractivity contribution < 1.29 is 248 Å². The van der Waals surface area contributed by atoms with Crippen molar-refractivity contribution in [3.63, 3.8) is 0 Å². The maximum absolute atomic E-state index is 12.0. The predicted molar refractivity (Wildman–Crippen MR) is 326 cm³/mol. The lowest BCUT2D eigenvalue weighted by atomic mass is 9.95. The fourth-order valence-electron chi connectivity index (χ4n) is 14.6. The predicted octanol–water partition coefficient (Wildman–Crippen LogP) is -21.8. The van der Waals surface area contributed by atoms with Gasteiger partial charge in [0.25, 0.3) is 0 Å². The Hall–Kier alpha value is -2.00. The first-order chi connectivity index (χ1) is 52.2. The molecule has 0 spiro atoms. The van der Waals surface area contributed by atoms with Gasteiger partial charge < -0.3 is 248 Å². The second-order valence-electron chi connectivity index (χ2n) is 28.2. The number of hydrogen-bond acceptors (Lipinski definition) is 50. The molecular formula is C60H100O50. The highest BCUT2D eigenvalue weighted by Gasteiger charge is 2.61. The molecule has 24 saturated heterocycles. The van der Waals surface area contributed by atoms with E-state index in [2.05, 4.69) is 0 Å². The van der Waals surface area contributed by atoms with Crippen molar-refractivity contribution >= 4 is 0 Å². The Morgan fingerprint density at radius 2 is 0.300 bits per heavy atom. The minimum Gasteiger partial charge on any atom is -0.394 e. The molecule has 0 aromatic rings. The SMILES string of the molecule is OC[C@H]1OC(OC[C@H]2O[C@@H]3O[C@H]4[C@H](O)[C@@H](O)[C@@H](O[C@H]5[C@H](O)[C@@H](O)[C@@H](O[C@H]6[C@H](O)[C@@H](O)[C@@H](O[C@H]7[C@H](O)[C@@H](O)[C@@H](O[C@H]8[C@H](O)[C@@H](O)[C@@H](O[C@H]9[C@H](O)[C@@H](O)[C@@H](O[C@H]2[C@H](O)[C@H]3O)O[C@@H]9CO)O[C@@H]8COC2O[C@H](CO)[C@@H](O)[C@H](O)[C@H]2O)O[C@@H]7CO)O[C@@H]6COC2O[C@H](CO)[C@@H](O)[C@H](O)[C@H]2O)O[C@@H]5CO)O[C@@H]4CO)[C@H](O)[C@@H](O)[C@@H]1O. The van der Waals surface area contributed by atoms with E-state index in [1.54, 1.807) is 0 Å². The minimum absolute atomic E-state index is 0.968. The van der Waals surface area contributed by atoms with E-state index < -0.39 is 373 Å². The third-order valence-electron chi connectivity index (χ3n) is 21.1. The molecule has 640 valence electrons. The molecule has 50 atom stereocenters. The molecular weight excluding hydrogens is 1520 g/mol. The van der Waals surface area contributed by atoms with Gasteiger partial charge in [0, 0.05) is 0 Å². The van der Waals surface area contributed by atoms with Gasteiger partial charge in [0.15, 0.2) is 62.9 Å². The van der Waals surface area contributed by atoms with Crippen LogP contribution in [0.15, 0.2) is 0 Å². The van der Waals surface area contributed by atoms with Crippen LogP contribution in [0.4, 0.5) is 0 Å². The van der Waals surface area contributed by atoms with Crippen LogP contribution >= 0.6 is 0 Å². The molecule has 24 fully saturated rings. The summed E-state index contributed by atoms with van der Waals surface area (Å²) >= 11 is 0. The lowest BCUT2D eigenvalue weighted by Crippen LogP contribution is -2.68. The maximum atomic E-state index is 12.0. The van der Waals surface area contributed by atoms with Gasteiger partial charge in [0.1, 0.15) is 244 Å². The van der Waals surface area contributed by atoms with Crippen molar-refractivity contribution in [2.24, 2.45) is 0 Å². The standard InChI is InChI=1S/C60H100O50/c61-1-11-21(68)24(71)34(81)51(94-11)91-8-18-48-32(79)42(89)59(102-18)106-46-16(6-66)100-57(40(87)30(46)77)110-50-20(10-93-53-36(83)26(73)23(70)13(3-63)96-53)103-60(43(90)33(50)80)107-47-17(7-67)99-56(39(86)29(47)76)109-49-19(9-92-52-35(82)25(72)22(69)12(2-62)95-52)101-58(41(88)31(49)78)105-45-15(5-65)97-54(37(84)27(45)74)104-44-14(4-64)98-55(108-48)38(85)28(44)75/h11-90H,1-10H2/t11-,12-,13-,14-,15-,16-,17-,18-,19-,20-,21-,22-,23-,24+,25+,26+,27-,28-,29-,30-,31-,32-,33-,34-,35-,36-,37-,38-,39-,40-,41-,42-,43-,44-,45-,46-,47-,48-,49-,50-,51?,52?,53?,54-,55-,56-,57-,58-,59-,60-/m1/s1. The number of aliphatic hydroxyl groups excluding tert-OH is 30. The number of aliphatic hydroxyl groups is 30. The molecule has 0 saturated carbocycles. The highest BCUT2D eigenvalue weighted by molar-refractivity contribution is 5.03. The molecule has 3 unspecified atom stereocenters. The lowest BCUT2D eigenvalue weighted by molar-refractivity contribution is -0.400. The summed E-state index contributed by atoms with van der Waals surface area (Å²) in [6, 6.07) is 0. The first kappa shape index (κ1) is 88.8. The molecule has 0 aromatic carbocycles. The van der Waals surface area contributed by atoms with E-state index in [1.165, 1.54) is 0 Å². The van der Waals surface area contributed by atoms with Gasteiger partial charge in [0.2, 0.25) is 0 Å². The Balaban J connectivity index is 0.930. The zero-order valence-corrected chi connectivity index (χ0v) is 57.5. The Labute approximate surface area is 619 Å². The average molecular weight is 1620 g/mol. The smallest absolute Gasteiger partial charge is 0.187 e. The molecule has 110 heavy (non-hydrogen) atoms. The van der Waals surface area contributed by atoms with Crippen LogP contribution < -0.4 is 0 Å². The van der Waals surface area contributed by atoms with E-state index in [9.17, 15) is 153 Å². The van der Waals surface area contributed by atoms with E-state index in [4.69, 9.17) is 94.7 Å². The molecule has 24 heterocycles. The van der Waals surface area contributed by atoms with Gasteiger partial charge in [-0.15, -0.1) is 0 Å². The number of ether oxygens (including phenoxy) is 20. The van der Waals surface area contributed by atoms with Gasteiger partial charge in [-0.1, -0.05) is 0 Å². The summed E-state index contributed by atoms with van der Waals surface area (Å²) in [4.78, 5) is 0. The van der Waals surface area contributed by atoms with Crippen LogP contribution in [0, 0.1) is 0 Å². The van der Waals surface area contributed by atoms with Gasteiger partial charge in [0.05, 0.1) is 66.1 Å². The summed E-state index contributed by atoms with van der Waals surface area (Å²) in [7, 11) is 0. The molecule has 14 bridgehead atoms. The molecule has 0 aromatic heterocycles. The molecule has 0 amide bonds. The normalized spacial score (nSPS) is 55.0. The molecule has 24 aliphatic heterocycles. The van der Waals surface area contributed by atoms with Gasteiger partial charge >= 0.3 is 0 Å². The fourth-order valence-corrected chi connectivity index (χ4v) is 14.6. The van der Waals surface area contributed by atoms with Crippen molar-refractivity contribution in [3.05, 3.63) is 0 Å². The van der Waals surface area contributed by atoms with Crippen molar-refractivity contribution in [1.82, 2.24) is 0 Å². The summed E-state index contributed by atoms with van der Waals surface area (Å²) in [5.41, 5.74) is 0. The van der Waals surface area contributed by atoms with Crippen LogP contribution in [0.2, 0.25) is 0 Å². The lowest BCUT2D eigenvalue weighted by Gasteiger charge is -2.50. The second-order valence-corrected chi connectivity index (χ2v) is 28.2. The Kier molecular flexibility index (Phi) is 30.6. The van der Waals surface area contributed by atoms with Gasteiger partial charge in [-0.25, -0.2) is 0 Å². The van der Waals surface area contributed by atoms with E-state index in [-0.39, 0.29) is 0 Å². The second kappa shape index (κ2) is 37.9. The van der Waals surface area contributed by atoms with E-state index >= 15 is 0 Å². The quantitative estimate of drug-likeness (QED) is 0.0682. The molecule has 24 rings (SSSR count). The largest absolute Gasteiger partial charge is 0.394 e. The van der Waals surface area contributed by atoms with E-state index in [0.29, 0.717) is 0 Å². The molecule has 0 aliphatic carbocycles. The Morgan fingerprint density at radius 1 is 0.145 bits per heavy atom. The van der Waals surface area contributed by atoms with Crippen molar-refractivity contribution in [2.45, 2.75) is 307 Å². The van der Waals surface area contributed by atoms with Crippen molar-refractivity contribution in [1.29, 1.82) is 0 Å². The van der Waals surface area contributed by atoms with E-state index in [1.807, 2.05) is 0 Å². The summed E-state index contributed by atoms with van der Waals surface area (Å²) in [6.07, 6.45) is -108. The molecule has 50 nitrogen and oxygen atoms in total. The molecule has 50 heteroatoms. The number of rotatable bonds is 16. The molecule has 30 N–H and O–H groups in total. The van der Waals surface area contributed by atoms with Crippen molar-refractivity contribution in [3.8, 4) is 0 Å². The Bertz CT molecular complexity index is 2750. The highest BCUT2D eigenvalue weighted by Crippen LogP contribution is 2.41. The summed E-state index contributed by atoms with van der Waals surface area (Å²) in [5.74, 6) is 0. The van der Waals surface area contributed by atoms with Crippen LogP contribution in [0.25, 0.3) is 0 Å². The first-order valence-electron chi connectivity index (χ1n) is 35.2. The van der Waals surface area contributed by atoms with Crippen molar-refractivity contribution in [2.75, 3.05) is 66.1 Å². The topological polar surface area (TPSA) is 792 Å². The molecule has 24 aliphatic rings. The minimum atomic E-state index is -2.47. The zero-order chi connectivity index (χ0) is 80.1. The monoisotopic (exact) mass is 1620 g/mol. The van der Waals surface area contributed by atoms with Gasteiger partial charge in [-0.05, 0) is 0 Å². The summed E-state index contributed by atoms with van der Waals surface area (Å²) in [6.45, 7) is -11.0. The van der Waals surface area contributed by atoms with Gasteiger partial charge in [-0.2, -0.15) is 0 Å². The van der Waals surface area contributed by atoms with Crippen LogP contribution in [0.3, 0.4) is 0 Å². The maximum Gasteiger partial charge on any atom is 0.187 e. The van der Waals surface area contributed by atoms with Crippen LogP contribution in [-0.2, 0) is 94.7 Å². The van der Waals surface area contributed by atoms with Crippen LogP contribution in [0.1, 0.15) is 0 Å². The van der Waals surface area contributed by atoms with Crippen LogP contribution in [-0.4, -0.2) is 526 Å².